The van der Waals surface area contributed by atoms with Gasteiger partial charge in [-0.1, -0.05) is 28.9 Å². The van der Waals surface area contributed by atoms with Crippen molar-refractivity contribution in [1.82, 2.24) is 10.1 Å². The van der Waals surface area contributed by atoms with Crippen molar-refractivity contribution in [2.45, 2.75) is 6.92 Å². The monoisotopic (exact) mass is 286 g/mol. The van der Waals surface area contributed by atoms with E-state index in [1.54, 1.807) is 30.3 Å². The van der Waals surface area contributed by atoms with Crippen molar-refractivity contribution in [2.75, 3.05) is 0 Å². The fourth-order valence-electron chi connectivity index (χ4n) is 1.96. The van der Waals surface area contributed by atoms with Crippen LogP contribution in [0.2, 0.25) is 5.02 Å². The lowest BCUT2D eigenvalue weighted by Gasteiger charge is -1.98. The van der Waals surface area contributed by atoms with E-state index in [2.05, 4.69) is 10.1 Å². The third kappa shape index (κ3) is 2.51. The van der Waals surface area contributed by atoms with Crippen LogP contribution in [0.4, 0.5) is 0 Å². The van der Waals surface area contributed by atoms with E-state index in [0.29, 0.717) is 22.3 Å². The Balaban J connectivity index is 2.02. The molecule has 0 saturated heterocycles. The molecule has 0 spiro atoms. The summed E-state index contributed by atoms with van der Waals surface area (Å²) in [5, 5.41) is 14.0. The number of benzene rings is 2. The number of aromatic nitrogens is 2. The first kappa shape index (κ1) is 12.7. The van der Waals surface area contributed by atoms with Gasteiger partial charge in [0.25, 0.3) is 5.89 Å². The topological polar surface area (TPSA) is 59.2 Å². The first-order chi connectivity index (χ1) is 9.61. The van der Waals surface area contributed by atoms with Gasteiger partial charge in [-0.2, -0.15) is 4.98 Å². The fraction of sp³-hybridized carbons (Fsp3) is 0.0667. The van der Waals surface area contributed by atoms with Crippen molar-refractivity contribution in [2.24, 2.45) is 0 Å². The summed E-state index contributed by atoms with van der Waals surface area (Å²) < 4.78 is 5.25. The largest absolute Gasteiger partial charge is 0.508 e. The Kier molecular flexibility index (Phi) is 3.16. The van der Waals surface area contributed by atoms with E-state index in [4.69, 9.17) is 16.1 Å². The molecule has 3 rings (SSSR count). The van der Waals surface area contributed by atoms with E-state index in [0.717, 1.165) is 11.1 Å². The van der Waals surface area contributed by atoms with Gasteiger partial charge in [0.2, 0.25) is 5.82 Å². The lowest BCUT2D eigenvalue weighted by molar-refractivity contribution is 0.432. The molecule has 0 bridgehead atoms. The standard InChI is InChI=1S/C15H11ClN2O2/c1-9-5-11(7-12(16)6-9)15-17-14(18-20-15)10-3-2-4-13(19)8-10/h2-8,19H,1H3. The molecule has 1 heterocycles. The zero-order valence-corrected chi connectivity index (χ0v) is 11.4. The molecular formula is C15H11ClN2O2. The van der Waals surface area contributed by atoms with E-state index in [1.807, 2.05) is 19.1 Å². The van der Waals surface area contributed by atoms with Gasteiger partial charge in [-0.15, -0.1) is 0 Å². The summed E-state index contributed by atoms with van der Waals surface area (Å²) in [6.07, 6.45) is 0. The number of phenols is 1. The van der Waals surface area contributed by atoms with Gasteiger partial charge in [-0.25, -0.2) is 0 Å². The normalized spacial score (nSPS) is 10.7. The first-order valence-electron chi connectivity index (χ1n) is 6.02. The van der Waals surface area contributed by atoms with Gasteiger partial charge in [-0.05, 0) is 42.8 Å². The number of halogens is 1. The summed E-state index contributed by atoms with van der Waals surface area (Å²) in [7, 11) is 0. The molecule has 0 saturated carbocycles. The molecule has 5 heteroatoms. The Labute approximate surface area is 120 Å². The average molecular weight is 287 g/mol. The van der Waals surface area contributed by atoms with Crippen molar-refractivity contribution in [3.63, 3.8) is 0 Å². The van der Waals surface area contributed by atoms with Crippen molar-refractivity contribution in [1.29, 1.82) is 0 Å². The van der Waals surface area contributed by atoms with E-state index in [9.17, 15) is 5.11 Å². The summed E-state index contributed by atoms with van der Waals surface area (Å²) in [5.41, 5.74) is 2.48. The van der Waals surface area contributed by atoms with E-state index < -0.39 is 0 Å². The molecule has 0 unspecified atom stereocenters. The molecule has 0 aliphatic carbocycles. The molecule has 100 valence electrons. The number of rotatable bonds is 2. The number of hydrogen-bond donors (Lipinski definition) is 1. The average Bonchev–Trinajstić information content (AvgIpc) is 2.87. The zero-order valence-electron chi connectivity index (χ0n) is 10.7. The summed E-state index contributed by atoms with van der Waals surface area (Å²) >= 11 is 6.02. The van der Waals surface area contributed by atoms with Gasteiger partial charge in [0, 0.05) is 16.1 Å². The maximum absolute atomic E-state index is 9.47. The van der Waals surface area contributed by atoms with Crippen LogP contribution in [-0.4, -0.2) is 15.2 Å². The highest BCUT2D eigenvalue weighted by Gasteiger charge is 2.11. The minimum atomic E-state index is 0.160. The number of aromatic hydroxyl groups is 1. The van der Waals surface area contributed by atoms with Crippen molar-refractivity contribution >= 4 is 11.6 Å². The van der Waals surface area contributed by atoms with Crippen LogP contribution < -0.4 is 0 Å². The zero-order chi connectivity index (χ0) is 14.1. The second-order valence-corrected chi connectivity index (χ2v) is 4.93. The Morgan fingerprint density at radius 2 is 1.95 bits per heavy atom. The lowest BCUT2D eigenvalue weighted by Crippen LogP contribution is -1.82. The van der Waals surface area contributed by atoms with Crippen LogP contribution in [0.1, 0.15) is 5.56 Å². The molecule has 0 amide bonds. The minimum absolute atomic E-state index is 0.160. The van der Waals surface area contributed by atoms with Crippen LogP contribution in [-0.2, 0) is 0 Å². The molecule has 0 aliphatic heterocycles. The Hall–Kier alpha value is -2.33. The number of phenolic OH excluding ortho intramolecular Hbond substituents is 1. The first-order valence-corrected chi connectivity index (χ1v) is 6.40. The van der Waals surface area contributed by atoms with Crippen LogP contribution >= 0.6 is 11.6 Å². The van der Waals surface area contributed by atoms with Crippen LogP contribution in [0.15, 0.2) is 47.0 Å². The summed E-state index contributed by atoms with van der Waals surface area (Å²) in [6.45, 7) is 1.95. The smallest absolute Gasteiger partial charge is 0.258 e. The van der Waals surface area contributed by atoms with Crippen molar-refractivity contribution in [3.8, 4) is 28.6 Å². The highest BCUT2D eigenvalue weighted by Crippen LogP contribution is 2.26. The molecule has 0 aliphatic rings. The molecule has 0 atom stereocenters. The summed E-state index contributed by atoms with van der Waals surface area (Å²) in [5.74, 6) is 0.981. The number of aryl methyl sites for hydroxylation is 1. The maximum atomic E-state index is 9.47. The van der Waals surface area contributed by atoms with Crippen molar-refractivity contribution in [3.05, 3.63) is 53.1 Å². The Bertz CT molecular complexity index is 748. The molecule has 3 aromatic rings. The predicted molar refractivity (Wildman–Crippen MR) is 76.6 cm³/mol. The highest BCUT2D eigenvalue weighted by atomic mass is 35.5. The molecular weight excluding hydrogens is 276 g/mol. The number of hydrogen-bond acceptors (Lipinski definition) is 4. The van der Waals surface area contributed by atoms with Gasteiger partial charge in [0.15, 0.2) is 0 Å². The van der Waals surface area contributed by atoms with E-state index in [1.165, 1.54) is 0 Å². The minimum Gasteiger partial charge on any atom is -0.508 e. The third-order valence-corrected chi connectivity index (χ3v) is 3.04. The van der Waals surface area contributed by atoms with Gasteiger partial charge in [-0.3, -0.25) is 0 Å². The lowest BCUT2D eigenvalue weighted by atomic mass is 10.1. The summed E-state index contributed by atoms with van der Waals surface area (Å²) in [6, 6.07) is 12.3. The highest BCUT2D eigenvalue weighted by molar-refractivity contribution is 6.30. The SMILES string of the molecule is Cc1cc(Cl)cc(-c2nc(-c3cccc(O)c3)no2)c1. The number of nitrogens with zero attached hydrogens (tertiary/aromatic N) is 2. The Morgan fingerprint density at radius 3 is 2.70 bits per heavy atom. The van der Waals surface area contributed by atoms with Crippen LogP contribution in [0, 0.1) is 6.92 Å². The second-order valence-electron chi connectivity index (χ2n) is 4.49. The Morgan fingerprint density at radius 1 is 1.10 bits per heavy atom. The van der Waals surface area contributed by atoms with E-state index in [-0.39, 0.29) is 5.75 Å². The van der Waals surface area contributed by atoms with Crippen LogP contribution in [0.5, 0.6) is 5.75 Å². The molecule has 0 fully saturated rings. The second kappa shape index (κ2) is 4.98. The van der Waals surface area contributed by atoms with Crippen LogP contribution in [0.3, 0.4) is 0 Å². The quantitative estimate of drug-likeness (QED) is 0.771. The fourth-order valence-corrected chi connectivity index (χ4v) is 2.25. The van der Waals surface area contributed by atoms with Gasteiger partial charge in [0.1, 0.15) is 5.75 Å². The van der Waals surface area contributed by atoms with Gasteiger partial charge >= 0.3 is 0 Å². The van der Waals surface area contributed by atoms with Crippen LogP contribution in [0.25, 0.3) is 22.8 Å². The third-order valence-electron chi connectivity index (χ3n) is 2.82. The van der Waals surface area contributed by atoms with Crippen molar-refractivity contribution < 1.29 is 9.63 Å². The predicted octanol–water partition coefficient (Wildman–Crippen LogP) is 4.07. The summed E-state index contributed by atoms with van der Waals surface area (Å²) in [4.78, 5) is 4.33. The molecule has 1 aromatic heterocycles. The molecule has 4 nitrogen and oxygen atoms in total. The van der Waals surface area contributed by atoms with E-state index >= 15 is 0 Å². The van der Waals surface area contributed by atoms with Gasteiger partial charge < -0.3 is 9.63 Å². The molecule has 20 heavy (non-hydrogen) atoms. The van der Waals surface area contributed by atoms with Gasteiger partial charge in [0.05, 0.1) is 0 Å². The maximum Gasteiger partial charge on any atom is 0.258 e. The molecule has 2 aromatic carbocycles. The molecule has 1 N–H and O–H groups in total. The molecule has 0 radical (unpaired) electrons.